The molecule has 0 aliphatic rings. The van der Waals surface area contributed by atoms with Crippen molar-refractivity contribution >= 4 is 15.9 Å². The van der Waals surface area contributed by atoms with E-state index in [1.807, 2.05) is 0 Å². The minimum absolute atomic E-state index is 0.0614. The fourth-order valence-electron chi connectivity index (χ4n) is 1.66. The molecule has 2 aromatic rings. The van der Waals surface area contributed by atoms with Crippen molar-refractivity contribution in [2.24, 2.45) is 0 Å². The Morgan fingerprint density at radius 3 is 2.55 bits per heavy atom. The van der Waals surface area contributed by atoms with E-state index in [0.717, 1.165) is 18.3 Å². The van der Waals surface area contributed by atoms with Crippen LogP contribution in [0.5, 0.6) is 0 Å². The fraction of sp³-hybridized carbons (Fsp3) is 0.0769. The SMILES string of the molecule is Cc1cc(S(=O)(=O)NC(=O)c2c[nH]c(C#N)c2)c(F)cc1F. The number of halogens is 2. The number of carbonyl (C=O) groups excluding carboxylic acids is 1. The van der Waals surface area contributed by atoms with Gasteiger partial charge in [0, 0.05) is 12.3 Å². The molecule has 0 aliphatic carbocycles. The van der Waals surface area contributed by atoms with Crippen LogP contribution in [0.2, 0.25) is 0 Å². The van der Waals surface area contributed by atoms with Gasteiger partial charge in [-0.25, -0.2) is 21.9 Å². The summed E-state index contributed by atoms with van der Waals surface area (Å²) in [6.07, 6.45) is 1.13. The summed E-state index contributed by atoms with van der Waals surface area (Å²) >= 11 is 0. The highest BCUT2D eigenvalue weighted by Gasteiger charge is 2.24. The van der Waals surface area contributed by atoms with E-state index in [-0.39, 0.29) is 16.8 Å². The quantitative estimate of drug-likeness (QED) is 0.894. The summed E-state index contributed by atoms with van der Waals surface area (Å²) in [5.74, 6) is -3.25. The molecule has 1 aromatic heterocycles. The number of aryl methyl sites for hydroxylation is 1. The van der Waals surface area contributed by atoms with Crippen molar-refractivity contribution in [2.45, 2.75) is 11.8 Å². The van der Waals surface area contributed by atoms with Crippen molar-refractivity contribution in [3.63, 3.8) is 0 Å². The van der Waals surface area contributed by atoms with E-state index in [1.165, 1.54) is 6.92 Å². The van der Waals surface area contributed by atoms with Crippen molar-refractivity contribution < 1.29 is 22.0 Å². The Kier molecular flexibility index (Phi) is 3.97. The summed E-state index contributed by atoms with van der Waals surface area (Å²) < 4.78 is 52.4. The van der Waals surface area contributed by atoms with Gasteiger partial charge in [0.25, 0.3) is 15.9 Å². The first-order valence-corrected chi connectivity index (χ1v) is 7.34. The van der Waals surface area contributed by atoms with Crippen molar-refractivity contribution in [3.05, 3.63) is 52.9 Å². The van der Waals surface area contributed by atoms with Gasteiger partial charge in [-0.3, -0.25) is 4.79 Å². The zero-order valence-electron chi connectivity index (χ0n) is 11.1. The summed E-state index contributed by atoms with van der Waals surface area (Å²) in [6, 6.07) is 4.09. The molecule has 2 rings (SSSR count). The third kappa shape index (κ3) is 2.96. The highest BCUT2D eigenvalue weighted by atomic mass is 32.2. The highest BCUT2D eigenvalue weighted by molar-refractivity contribution is 7.90. The van der Waals surface area contributed by atoms with Crippen LogP contribution in [0, 0.1) is 29.9 Å². The number of hydrogen-bond acceptors (Lipinski definition) is 4. The van der Waals surface area contributed by atoms with E-state index < -0.39 is 32.5 Å². The molecule has 2 N–H and O–H groups in total. The summed E-state index contributed by atoms with van der Waals surface area (Å²) in [4.78, 5) is 13.4. The minimum atomic E-state index is -4.51. The molecule has 0 saturated heterocycles. The maximum Gasteiger partial charge on any atom is 0.267 e. The lowest BCUT2D eigenvalue weighted by Crippen LogP contribution is -2.31. The Labute approximate surface area is 124 Å². The van der Waals surface area contributed by atoms with E-state index in [0.29, 0.717) is 6.07 Å². The lowest BCUT2D eigenvalue weighted by molar-refractivity contribution is 0.0981. The van der Waals surface area contributed by atoms with Gasteiger partial charge in [0.2, 0.25) is 0 Å². The number of aromatic nitrogens is 1. The molecule has 0 saturated carbocycles. The number of carbonyl (C=O) groups is 1. The molecule has 9 heteroatoms. The monoisotopic (exact) mass is 325 g/mol. The third-order valence-corrected chi connectivity index (χ3v) is 4.14. The molecule has 22 heavy (non-hydrogen) atoms. The topological polar surface area (TPSA) is 103 Å². The Morgan fingerprint density at radius 2 is 1.95 bits per heavy atom. The Balaban J connectivity index is 2.34. The highest BCUT2D eigenvalue weighted by Crippen LogP contribution is 2.19. The maximum absolute atomic E-state index is 13.6. The molecular formula is C13H9F2N3O3S. The largest absolute Gasteiger partial charge is 0.352 e. The van der Waals surface area contributed by atoms with Gasteiger partial charge in [0.05, 0.1) is 5.56 Å². The van der Waals surface area contributed by atoms with Gasteiger partial charge >= 0.3 is 0 Å². The lowest BCUT2D eigenvalue weighted by atomic mass is 10.2. The third-order valence-electron chi connectivity index (χ3n) is 2.80. The van der Waals surface area contributed by atoms with Gasteiger partial charge in [0.1, 0.15) is 28.3 Å². The normalized spacial score (nSPS) is 11.0. The van der Waals surface area contributed by atoms with Crippen LogP contribution < -0.4 is 4.72 Å². The molecule has 0 fully saturated rings. The van der Waals surface area contributed by atoms with Crippen LogP contribution in [-0.2, 0) is 10.0 Å². The van der Waals surface area contributed by atoms with Gasteiger partial charge in [-0.05, 0) is 24.6 Å². The predicted molar refractivity (Wildman–Crippen MR) is 71.3 cm³/mol. The number of aromatic amines is 1. The number of nitrogens with one attached hydrogen (secondary N) is 2. The number of amides is 1. The summed E-state index contributed by atoms with van der Waals surface area (Å²) in [5, 5.41) is 8.62. The molecule has 0 atom stereocenters. The lowest BCUT2D eigenvalue weighted by Gasteiger charge is -2.08. The van der Waals surface area contributed by atoms with E-state index >= 15 is 0 Å². The van der Waals surface area contributed by atoms with E-state index in [2.05, 4.69) is 4.98 Å². The average Bonchev–Trinajstić information content (AvgIpc) is 2.91. The van der Waals surface area contributed by atoms with Crippen LogP contribution in [0.15, 0.2) is 29.3 Å². The number of nitriles is 1. The van der Waals surface area contributed by atoms with Crippen LogP contribution >= 0.6 is 0 Å². The second-order valence-electron chi connectivity index (χ2n) is 4.38. The van der Waals surface area contributed by atoms with Crippen molar-refractivity contribution in [1.29, 1.82) is 5.26 Å². The number of rotatable bonds is 3. The van der Waals surface area contributed by atoms with Gasteiger partial charge in [-0.1, -0.05) is 0 Å². The maximum atomic E-state index is 13.6. The number of H-pyrrole nitrogens is 1. The predicted octanol–water partition coefficient (Wildman–Crippen LogP) is 1.59. The first-order chi connectivity index (χ1) is 10.2. The Bertz CT molecular complexity index is 898. The molecule has 1 aromatic carbocycles. The van der Waals surface area contributed by atoms with Crippen molar-refractivity contribution in [2.75, 3.05) is 0 Å². The van der Waals surface area contributed by atoms with Gasteiger partial charge in [0.15, 0.2) is 0 Å². The minimum Gasteiger partial charge on any atom is -0.352 e. The molecule has 1 amide bonds. The molecule has 114 valence electrons. The Hall–Kier alpha value is -2.73. The number of hydrogen-bond donors (Lipinski definition) is 2. The first-order valence-electron chi connectivity index (χ1n) is 5.86. The Morgan fingerprint density at radius 1 is 1.27 bits per heavy atom. The van der Waals surface area contributed by atoms with Gasteiger partial charge in [-0.2, -0.15) is 5.26 Å². The molecule has 0 bridgehead atoms. The molecule has 1 heterocycles. The smallest absolute Gasteiger partial charge is 0.267 e. The van der Waals surface area contributed by atoms with Crippen LogP contribution in [-0.4, -0.2) is 19.3 Å². The van der Waals surface area contributed by atoms with Crippen molar-refractivity contribution in [1.82, 2.24) is 9.71 Å². The second kappa shape index (κ2) is 5.57. The van der Waals surface area contributed by atoms with Gasteiger partial charge in [-0.15, -0.1) is 0 Å². The van der Waals surface area contributed by atoms with Gasteiger partial charge < -0.3 is 4.98 Å². The summed E-state index contributed by atoms with van der Waals surface area (Å²) in [6.45, 7) is 1.26. The number of nitrogens with zero attached hydrogens (tertiary/aromatic N) is 1. The molecular weight excluding hydrogens is 316 g/mol. The molecule has 0 unspecified atom stereocenters. The van der Waals surface area contributed by atoms with Crippen LogP contribution in [0.4, 0.5) is 8.78 Å². The number of sulfonamides is 1. The first kappa shape index (κ1) is 15.7. The van der Waals surface area contributed by atoms with E-state index in [9.17, 15) is 22.0 Å². The summed E-state index contributed by atoms with van der Waals surface area (Å²) in [5.41, 5.74) is -0.131. The molecule has 0 aliphatic heterocycles. The zero-order chi connectivity index (χ0) is 16.5. The molecule has 0 spiro atoms. The van der Waals surface area contributed by atoms with E-state index in [1.54, 1.807) is 10.8 Å². The average molecular weight is 325 g/mol. The van der Waals surface area contributed by atoms with Crippen LogP contribution in [0.3, 0.4) is 0 Å². The molecule has 0 radical (unpaired) electrons. The van der Waals surface area contributed by atoms with Crippen LogP contribution in [0.1, 0.15) is 21.6 Å². The van der Waals surface area contributed by atoms with Crippen LogP contribution in [0.25, 0.3) is 0 Å². The van der Waals surface area contributed by atoms with Crippen molar-refractivity contribution in [3.8, 4) is 6.07 Å². The fourth-order valence-corrected chi connectivity index (χ4v) is 2.78. The zero-order valence-corrected chi connectivity index (χ0v) is 12.0. The number of benzene rings is 1. The standard InChI is InChI=1S/C13H9F2N3O3S/c1-7-2-12(11(15)4-10(7)14)22(20,21)18-13(19)8-3-9(5-16)17-6-8/h2-4,6,17H,1H3,(H,18,19). The summed E-state index contributed by atoms with van der Waals surface area (Å²) in [7, 11) is -4.51. The van der Waals surface area contributed by atoms with E-state index in [4.69, 9.17) is 5.26 Å². The second-order valence-corrected chi connectivity index (χ2v) is 6.03. The molecule has 6 nitrogen and oxygen atoms in total.